The molecule has 78 valence electrons. The Bertz CT molecular complexity index is 307. The molecule has 0 fully saturated rings. The lowest BCUT2D eigenvalue weighted by molar-refractivity contribution is 0.431. The van der Waals surface area contributed by atoms with E-state index in [1.54, 1.807) is 6.07 Å². The summed E-state index contributed by atoms with van der Waals surface area (Å²) >= 11 is 5.64. The minimum absolute atomic E-state index is 0.0453. The first-order chi connectivity index (χ1) is 6.56. The quantitative estimate of drug-likeness (QED) is 0.818. The maximum Gasteiger partial charge on any atom is 0.170 e. The fraction of sp³-hybridized carbons (Fsp3) is 0.400. The average molecular weight is 218 g/mol. The standard InChI is InChI=1S/C10H13ClFNO/c1-6(2-3-13)7-4-8(11)10(14)9(12)5-7/h4-6,14H,2-3,13H2,1H3. The summed E-state index contributed by atoms with van der Waals surface area (Å²) in [6.45, 7) is 2.48. The van der Waals surface area contributed by atoms with E-state index in [-0.39, 0.29) is 10.9 Å². The summed E-state index contributed by atoms with van der Waals surface area (Å²) in [6, 6.07) is 2.86. The van der Waals surface area contributed by atoms with Gasteiger partial charge in [0.1, 0.15) is 0 Å². The molecule has 14 heavy (non-hydrogen) atoms. The van der Waals surface area contributed by atoms with Crippen molar-refractivity contribution in [2.24, 2.45) is 5.73 Å². The van der Waals surface area contributed by atoms with Gasteiger partial charge in [0.05, 0.1) is 5.02 Å². The van der Waals surface area contributed by atoms with E-state index in [9.17, 15) is 4.39 Å². The second kappa shape index (κ2) is 4.62. The third kappa shape index (κ3) is 2.36. The molecule has 0 radical (unpaired) electrons. The molecule has 0 spiro atoms. The largest absolute Gasteiger partial charge is 0.504 e. The highest BCUT2D eigenvalue weighted by atomic mass is 35.5. The lowest BCUT2D eigenvalue weighted by Gasteiger charge is -2.11. The summed E-state index contributed by atoms with van der Waals surface area (Å²) < 4.78 is 13.1. The number of nitrogens with two attached hydrogens (primary N) is 1. The Labute approximate surface area is 87.5 Å². The zero-order valence-electron chi connectivity index (χ0n) is 7.93. The predicted molar refractivity (Wildman–Crippen MR) is 55.2 cm³/mol. The van der Waals surface area contributed by atoms with Gasteiger partial charge in [0.2, 0.25) is 0 Å². The van der Waals surface area contributed by atoms with Crippen LogP contribution in [0.25, 0.3) is 0 Å². The molecule has 1 unspecified atom stereocenters. The summed E-state index contributed by atoms with van der Waals surface area (Å²) in [4.78, 5) is 0. The van der Waals surface area contributed by atoms with Crippen LogP contribution in [0.3, 0.4) is 0 Å². The molecule has 0 saturated carbocycles. The Kier molecular flexibility index (Phi) is 3.72. The van der Waals surface area contributed by atoms with Crippen molar-refractivity contribution in [1.29, 1.82) is 0 Å². The van der Waals surface area contributed by atoms with E-state index < -0.39 is 11.6 Å². The lowest BCUT2D eigenvalue weighted by atomic mass is 9.98. The van der Waals surface area contributed by atoms with Crippen LogP contribution >= 0.6 is 11.6 Å². The molecule has 0 aliphatic heterocycles. The Balaban J connectivity index is 3.00. The van der Waals surface area contributed by atoms with Gasteiger partial charge in [-0.05, 0) is 36.6 Å². The van der Waals surface area contributed by atoms with E-state index >= 15 is 0 Å². The van der Waals surface area contributed by atoms with Gasteiger partial charge in [0.25, 0.3) is 0 Å². The first-order valence-electron chi connectivity index (χ1n) is 4.44. The third-order valence-electron chi connectivity index (χ3n) is 2.21. The van der Waals surface area contributed by atoms with Crippen LogP contribution in [0.4, 0.5) is 4.39 Å². The van der Waals surface area contributed by atoms with E-state index in [0.717, 1.165) is 12.0 Å². The number of hydrogen-bond donors (Lipinski definition) is 2. The summed E-state index contributed by atoms with van der Waals surface area (Å²) in [5.74, 6) is -1.03. The summed E-state index contributed by atoms with van der Waals surface area (Å²) in [7, 11) is 0. The van der Waals surface area contributed by atoms with Gasteiger partial charge >= 0.3 is 0 Å². The van der Waals surface area contributed by atoms with Gasteiger partial charge in [-0.25, -0.2) is 4.39 Å². The first kappa shape index (κ1) is 11.3. The second-order valence-corrected chi connectivity index (χ2v) is 3.72. The average Bonchev–Trinajstić information content (AvgIpc) is 2.13. The van der Waals surface area contributed by atoms with Crippen molar-refractivity contribution in [3.05, 3.63) is 28.5 Å². The summed E-state index contributed by atoms with van der Waals surface area (Å²) in [5.41, 5.74) is 6.16. The van der Waals surface area contributed by atoms with Gasteiger partial charge in [-0.3, -0.25) is 0 Å². The molecule has 0 amide bonds. The fourth-order valence-corrected chi connectivity index (χ4v) is 1.50. The van der Waals surface area contributed by atoms with Gasteiger partial charge in [-0.15, -0.1) is 0 Å². The van der Waals surface area contributed by atoms with Crippen LogP contribution in [0.5, 0.6) is 5.75 Å². The molecule has 2 nitrogen and oxygen atoms in total. The Morgan fingerprint density at radius 1 is 1.57 bits per heavy atom. The molecular formula is C10H13ClFNO. The monoisotopic (exact) mass is 217 g/mol. The molecule has 1 rings (SSSR count). The van der Waals surface area contributed by atoms with Crippen molar-refractivity contribution in [2.45, 2.75) is 19.3 Å². The molecule has 1 atom stereocenters. The van der Waals surface area contributed by atoms with Crippen molar-refractivity contribution in [3.8, 4) is 5.75 Å². The number of hydrogen-bond acceptors (Lipinski definition) is 2. The van der Waals surface area contributed by atoms with Crippen LogP contribution in [0, 0.1) is 5.82 Å². The van der Waals surface area contributed by atoms with Crippen molar-refractivity contribution >= 4 is 11.6 Å². The maximum atomic E-state index is 13.1. The number of phenolic OH excluding ortho intramolecular Hbond substituents is 1. The molecule has 0 saturated heterocycles. The zero-order valence-corrected chi connectivity index (χ0v) is 8.68. The molecule has 1 aromatic carbocycles. The maximum absolute atomic E-state index is 13.1. The molecule has 0 aliphatic rings. The van der Waals surface area contributed by atoms with Crippen LogP contribution in [0.1, 0.15) is 24.8 Å². The van der Waals surface area contributed by atoms with E-state index in [1.165, 1.54) is 6.07 Å². The number of benzene rings is 1. The normalized spacial score (nSPS) is 12.9. The molecule has 0 aliphatic carbocycles. The Morgan fingerprint density at radius 2 is 2.21 bits per heavy atom. The smallest absolute Gasteiger partial charge is 0.170 e. The minimum atomic E-state index is -0.684. The fourth-order valence-electron chi connectivity index (χ4n) is 1.29. The van der Waals surface area contributed by atoms with E-state index in [4.69, 9.17) is 22.4 Å². The molecule has 3 N–H and O–H groups in total. The lowest BCUT2D eigenvalue weighted by Crippen LogP contribution is -2.04. The number of rotatable bonds is 3. The second-order valence-electron chi connectivity index (χ2n) is 3.31. The number of phenols is 1. The summed E-state index contributed by atoms with van der Waals surface area (Å²) in [6.07, 6.45) is 0.764. The zero-order chi connectivity index (χ0) is 10.7. The highest BCUT2D eigenvalue weighted by molar-refractivity contribution is 6.32. The molecule has 0 aromatic heterocycles. The van der Waals surface area contributed by atoms with Crippen molar-refractivity contribution in [2.75, 3.05) is 6.54 Å². The van der Waals surface area contributed by atoms with Crippen LogP contribution < -0.4 is 5.73 Å². The molecule has 0 bridgehead atoms. The van der Waals surface area contributed by atoms with Gasteiger partial charge in [-0.1, -0.05) is 18.5 Å². The van der Waals surface area contributed by atoms with Gasteiger partial charge < -0.3 is 10.8 Å². The van der Waals surface area contributed by atoms with Crippen LogP contribution in [0.15, 0.2) is 12.1 Å². The highest BCUT2D eigenvalue weighted by Gasteiger charge is 2.11. The SMILES string of the molecule is CC(CCN)c1cc(F)c(O)c(Cl)c1. The molecule has 4 heteroatoms. The van der Waals surface area contributed by atoms with Gasteiger partial charge in [-0.2, -0.15) is 0 Å². The van der Waals surface area contributed by atoms with Crippen LogP contribution in [0.2, 0.25) is 5.02 Å². The first-order valence-corrected chi connectivity index (χ1v) is 4.82. The third-order valence-corrected chi connectivity index (χ3v) is 2.50. The van der Waals surface area contributed by atoms with Crippen LogP contribution in [-0.4, -0.2) is 11.7 Å². The predicted octanol–water partition coefficient (Wildman–Crippen LogP) is 2.64. The Morgan fingerprint density at radius 3 is 2.71 bits per heavy atom. The van der Waals surface area contributed by atoms with Crippen molar-refractivity contribution in [1.82, 2.24) is 0 Å². The highest BCUT2D eigenvalue weighted by Crippen LogP contribution is 2.31. The summed E-state index contributed by atoms with van der Waals surface area (Å²) in [5, 5.41) is 9.16. The van der Waals surface area contributed by atoms with Crippen LogP contribution in [-0.2, 0) is 0 Å². The molecule has 1 aromatic rings. The number of aromatic hydroxyl groups is 1. The number of halogens is 2. The van der Waals surface area contributed by atoms with E-state index in [2.05, 4.69) is 0 Å². The molecule has 0 heterocycles. The Hall–Kier alpha value is -0.800. The van der Waals surface area contributed by atoms with Gasteiger partial charge in [0.15, 0.2) is 11.6 Å². The topological polar surface area (TPSA) is 46.2 Å². The van der Waals surface area contributed by atoms with Crippen molar-refractivity contribution < 1.29 is 9.50 Å². The van der Waals surface area contributed by atoms with E-state index in [1.807, 2.05) is 6.92 Å². The minimum Gasteiger partial charge on any atom is -0.504 e. The van der Waals surface area contributed by atoms with Crippen molar-refractivity contribution in [3.63, 3.8) is 0 Å². The van der Waals surface area contributed by atoms with E-state index in [0.29, 0.717) is 6.54 Å². The van der Waals surface area contributed by atoms with Gasteiger partial charge in [0, 0.05) is 0 Å². The molecular weight excluding hydrogens is 205 g/mol.